The molecule has 20 heavy (non-hydrogen) atoms. The summed E-state index contributed by atoms with van der Waals surface area (Å²) in [5.41, 5.74) is 0.474. The maximum atomic E-state index is 13.7. The molecule has 0 radical (unpaired) electrons. The molecule has 1 atom stereocenters. The van der Waals surface area contributed by atoms with Crippen molar-refractivity contribution in [1.82, 2.24) is 0 Å². The zero-order valence-corrected chi connectivity index (χ0v) is 11.7. The van der Waals surface area contributed by atoms with Crippen LogP contribution in [0.1, 0.15) is 26.2 Å². The van der Waals surface area contributed by atoms with Crippen LogP contribution in [0.25, 0.3) is 0 Å². The van der Waals surface area contributed by atoms with Crippen LogP contribution >= 0.6 is 0 Å². The molecule has 4 nitrogen and oxygen atoms in total. The quantitative estimate of drug-likeness (QED) is 0.796. The van der Waals surface area contributed by atoms with Gasteiger partial charge in [0.1, 0.15) is 5.78 Å². The molecule has 1 aromatic carbocycles. The van der Waals surface area contributed by atoms with Crippen LogP contribution in [-0.2, 0) is 9.59 Å². The fraction of sp³-hybridized carbons (Fsp3) is 0.467. The molecule has 108 valence electrons. The molecule has 1 aromatic rings. The number of anilines is 1. The lowest BCUT2D eigenvalue weighted by atomic mass is 9.91. The lowest BCUT2D eigenvalue weighted by molar-refractivity contribution is -0.133. The number of methoxy groups -OCH3 is 1. The summed E-state index contributed by atoms with van der Waals surface area (Å²) in [6.07, 6.45) is 1.68. The van der Waals surface area contributed by atoms with Gasteiger partial charge in [-0.15, -0.1) is 0 Å². The molecule has 1 aliphatic rings. The fourth-order valence-corrected chi connectivity index (χ4v) is 2.50. The van der Waals surface area contributed by atoms with Crippen LogP contribution < -0.4 is 9.64 Å². The number of benzene rings is 1. The summed E-state index contributed by atoms with van der Waals surface area (Å²) in [7, 11) is 1.39. The number of hydrogen-bond donors (Lipinski definition) is 0. The van der Waals surface area contributed by atoms with Gasteiger partial charge in [0.15, 0.2) is 11.6 Å². The summed E-state index contributed by atoms with van der Waals surface area (Å²) >= 11 is 0. The molecule has 1 saturated heterocycles. The highest BCUT2D eigenvalue weighted by Gasteiger charge is 2.33. The molecule has 1 aliphatic heterocycles. The first kappa shape index (κ1) is 14.5. The zero-order chi connectivity index (χ0) is 14.7. The van der Waals surface area contributed by atoms with Gasteiger partial charge in [-0.3, -0.25) is 9.59 Å². The Kier molecular flexibility index (Phi) is 4.37. The van der Waals surface area contributed by atoms with Gasteiger partial charge in [0, 0.05) is 24.7 Å². The smallest absolute Gasteiger partial charge is 0.237 e. The third kappa shape index (κ3) is 2.66. The van der Waals surface area contributed by atoms with Crippen molar-refractivity contribution in [2.24, 2.45) is 5.92 Å². The summed E-state index contributed by atoms with van der Waals surface area (Å²) in [4.78, 5) is 25.6. The standard InChI is InChI=1S/C15H18FNO3/c1-3-13(18)11-5-4-8-17(15(11)19)10-6-7-14(20-2)12(16)9-10/h6-7,9,11H,3-5,8H2,1-2H3. The van der Waals surface area contributed by atoms with Crippen molar-refractivity contribution >= 4 is 17.4 Å². The number of halogens is 1. The van der Waals surface area contributed by atoms with Crippen LogP contribution in [0.4, 0.5) is 10.1 Å². The lowest BCUT2D eigenvalue weighted by Crippen LogP contribution is -2.44. The van der Waals surface area contributed by atoms with Crippen molar-refractivity contribution < 1.29 is 18.7 Å². The van der Waals surface area contributed by atoms with Crippen LogP contribution in [0.2, 0.25) is 0 Å². The van der Waals surface area contributed by atoms with Crippen molar-refractivity contribution in [1.29, 1.82) is 0 Å². The number of nitrogens with zero attached hydrogens (tertiary/aromatic N) is 1. The van der Waals surface area contributed by atoms with E-state index in [4.69, 9.17) is 4.74 Å². The summed E-state index contributed by atoms with van der Waals surface area (Å²) in [5.74, 6) is -1.23. The van der Waals surface area contributed by atoms with E-state index in [9.17, 15) is 14.0 Å². The second-order valence-corrected chi connectivity index (χ2v) is 4.82. The van der Waals surface area contributed by atoms with Crippen molar-refractivity contribution in [2.45, 2.75) is 26.2 Å². The average molecular weight is 279 g/mol. The number of amides is 1. The van der Waals surface area contributed by atoms with E-state index in [1.807, 2.05) is 0 Å². The van der Waals surface area contributed by atoms with Gasteiger partial charge in [0.25, 0.3) is 0 Å². The monoisotopic (exact) mass is 279 g/mol. The lowest BCUT2D eigenvalue weighted by Gasteiger charge is -2.31. The summed E-state index contributed by atoms with van der Waals surface area (Å²) in [5, 5.41) is 0. The third-order valence-electron chi connectivity index (χ3n) is 3.62. The Morgan fingerprint density at radius 3 is 2.85 bits per heavy atom. The van der Waals surface area contributed by atoms with E-state index in [0.717, 1.165) is 6.42 Å². The molecular formula is C15H18FNO3. The van der Waals surface area contributed by atoms with Gasteiger partial charge in [-0.2, -0.15) is 0 Å². The SMILES string of the molecule is CCC(=O)C1CCCN(c2ccc(OC)c(F)c2)C1=O. The van der Waals surface area contributed by atoms with Crippen LogP contribution in [0.5, 0.6) is 5.75 Å². The number of ether oxygens (including phenoxy) is 1. The first-order valence-electron chi connectivity index (χ1n) is 6.76. The maximum absolute atomic E-state index is 13.7. The fourth-order valence-electron chi connectivity index (χ4n) is 2.50. The number of carbonyl (C=O) groups is 2. The predicted molar refractivity (Wildman–Crippen MR) is 73.3 cm³/mol. The van der Waals surface area contributed by atoms with Gasteiger partial charge < -0.3 is 9.64 Å². The van der Waals surface area contributed by atoms with E-state index in [1.165, 1.54) is 24.1 Å². The summed E-state index contributed by atoms with van der Waals surface area (Å²) in [6, 6.07) is 4.40. The number of carbonyl (C=O) groups excluding carboxylic acids is 2. The van der Waals surface area contributed by atoms with Gasteiger partial charge in [-0.1, -0.05) is 6.92 Å². The topological polar surface area (TPSA) is 46.6 Å². The minimum absolute atomic E-state index is 0.0475. The molecule has 0 aromatic heterocycles. The largest absolute Gasteiger partial charge is 0.494 e. The Balaban J connectivity index is 2.25. The van der Waals surface area contributed by atoms with Crippen LogP contribution in [0.3, 0.4) is 0 Å². The van der Waals surface area contributed by atoms with Crippen molar-refractivity contribution in [3.05, 3.63) is 24.0 Å². The molecular weight excluding hydrogens is 261 g/mol. The molecule has 5 heteroatoms. The molecule has 1 unspecified atom stereocenters. The molecule has 0 saturated carbocycles. The maximum Gasteiger partial charge on any atom is 0.237 e. The molecule has 0 bridgehead atoms. The van der Waals surface area contributed by atoms with E-state index in [0.29, 0.717) is 25.1 Å². The highest BCUT2D eigenvalue weighted by atomic mass is 19.1. The molecule has 1 heterocycles. The number of hydrogen-bond acceptors (Lipinski definition) is 3. The predicted octanol–water partition coefficient (Wildman–Crippen LogP) is 2.56. The Hall–Kier alpha value is -1.91. The van der Waals surface area contributed by atoms with Gasteiger partial charge in [-0.05, 0) is 25.0 Å². The van der Waals surface area contributed by atoms with Crippen LogP contribution in [0.15, 0.2) is 18.2 Å². The molecule has 1 fully saturated rings. The molecule has 2 rings (SSSR count). The van der Waals surface area contributed by atoms with Gasteiger partial charge in [0.05, 0.1) is 13.0 Å². The van der Waals surface area contributed by atoms with Crippen LogP contribution in [-0.4, -0.2) is 25.3 Å². The summed E-state index contributed by atoms with van der Waals surface area (Å²) < 4.78 is 18.6. The minimum atomic E-state index is -0.584. The normalized spacial score (nSPS) is 19.1. The summed E-state index contributed by atoms with van der Waals surface area (Å²) in [6.45, 7) is 2.26. The third-order valence-corrected chi connectivity index (χ3v) is 3.62. The van der Waals surface area contributed by atoms with Gasteiger partial charge in [0.2, 0.25) is 5.91 Å². The number of rotatable bonds is 4. The number of Topliss-reactive ketones (excluding diaryl/α,β-unsaturated/α-hetero) is 1. The van der Waals surface area contributed by atoms with Crippen molar-refractivity contribution in [3.63, 3.8) is 0 Å². The highest BCUT2D eigenvalue weighted by molar-refractivity contribution is 6.08. The number of piperidine rings is 1. The van der Waals surface area contributed by atoms with Crippen LogP contribution in [0, 0.1) is 11.7 Å². The first-order valence-corrected chi connectivity index (χ1v) is 6.76. The molecule has 0 spiro atoms. The molecule has 0 N–H and O–H groups in total. The first-order chi connectivity index (χ1) is 9.58. The van der Waals surface area contributed by atoms with Crippen molar-refractivity contribution in [3.8, 4) is 5.75 Å². The molecule has 1 amide bonds. The van der Waals surface area contributed by atoms with E-state index in [2.05, 4.69) is 0 Å². The minimum Gasteiger partial charge on any atom is -0.494 e. The molecule has 0 aliphatic carbocycles. The van der Waals surface area contributed by atoms with Gasteiger partial charge in [-0.25, -0.2) is 4.39 Å². The Morgan fingerprint density at radius 2 is 2.25 bits per heavy atom. The zero-order valence-electron chi connectivity index (χ0n) is 11.7. The number of ketones is 1. The van der Waals surface area contributed by atoms with E-state index < -0.39 is 11.7 Å². The van der Waals surface area contributed by atoms with Crippen molar-refractivity contribution in [2.75, 3.05) is 18.6 Å². The Morgan fingerprint density at radius 1 is 1.50 bits per heavy atom. The Labute approximate surface area is 117 Å². The Bertz CT molecular complexity index is 530. The van der Waals surface area contributed by atoms with E-state index in [1.54, 1.807) is 13.0 Å². The highest BCUT2D eigenvalue weighted by Crippen LogP contribution is 2.28. The second-order valence-electron chi connectivity index (χ2n) is 4.82. The van der Waals surface area contributed by atoms with Gasteiger partial charge >= 0.3 is 0 Å². The second kappa shape index (κ2) is 6.03. The average Bonchev–Trinajstić information content (AvgIpc) is 2.46. The van der Waals surface area contributed by atoms with E-state index >= 15 is 0 Å². The van der Waals surface area contributed by atoms with E-state index in [-0.39, 0.29) is 17.4 Å².